The first-order valence-corrected chi connectivity index (χ1v) is 7.65. The van der Waals surface area contributed by atoms with E-state index in [4.69, 9.17) is 4.74 Å². The van der Waals surface area contributed by atoms with Crippen molar-refractivity contribution in [2.75, 3.05) is 0 Å². The number of amides is 2. The molecule has 0 aliphatic carbocycles. The van der Waals surface area contributed by atoms with Crippen LogP contribution in [0.4, 0.5) is 9.18 Å². The molecule has 116 valence electrons. The van der Waals surface area contributed by atoms with E-state index >= 15 is 0 Å². The molecule has 23 heavy (non-hydrogen) atoms. The molecule has 1 fully saturated rings. The van der Waals surface area contributed by atoms with Gasteiger partial charge in [0.1, 0.15) is 18.2 Å². The van der Waals surface area contributed by atoms with E-state index in [1.165, 1.54) is 6.07 Å². The van der Waals surface area contributed by atoms with Crippen molar-refractivity contribution < 1.29 is 18.7 Å². The molecule has 2 aromatic carbocycles. The number of thioether (sulfide) groups is 1. The SMILES string of the molecule is O=C1NC(=O)/C(=C\c2ccccc2OCc2ccccc2F)S1. The summed E-state index contributed by atoms with van der Waals surface area (Å²) < 4.78 is 19.3. The van der Waals surface area contributed by atoms with Crippen molar-refractivity contribution in [1.82, 2.24) is 5.32 Å². The van der Waals surface area contributed by atoms with Gasteiger partial charge < -0.3 is 4.74 Å². The molecule has 0 aromatic heterocycles. The summed E-state index contributed by atoms with van der Waals surface area (Å²) in [5.74, 6) is -0.250. The van der Waals surface area contributed by atoms with Gasteiger partial charge in [-0.3, -0.25) is 14.9 Å². The quantitative estimate of drug-likeness (QED) is 0.869. The van der Waals surface area contributed by atoms with Gasteiger partial charge in [0.15, 0.2) is 0 Å². The summed E-state index contributed by atoms with van der Waals surface area (Å²) in [6.45, 7) is 0.0745. The summed E-state index contributed by atoms with van der Waals surface area (Å²) in [4.78, 5) is 23.1. The molecule has 3 rings (SSSR count). The van der Waals surface area contributed by atoms with E-state index in [2.05, 4.69) is 5.32 Å². The Morgan fingerprint density at radius 3 is 2.57 bits per heavy atom. The Bertz CT molecular complexity index is 804. The number of halogens is 1. The molecule has 0 spiro atoms. The van der Waals surface area contributed by atoms with Crippen LogP contribution in [0.1, 0.15) is 11.1 Å². The number of benzene rings is 2. The number of carbonyl (C=O) groups is 2. The highest BCUT2D eigenvalue weighted by molar-refractivity contribution is 8.18. The molecule has 1 aliphatic heterocycles. The Hall–Kier alpha value is -2.60. The smallest absolute Gasteiger partial charge is 0.290 e. The van der Waals surface area contributed by atoms with Crippen LogP contribution in [0.3, 0.4) is 0 Å². The third kappa shape index (κ3) is 3.60. The standard InChI is InChI=1S/C17H12FNO3S/c18-13-7-3-1-6-12(13)10-22-14-8-4-2-5-11(14)9-15-16(20)19-17(21)23-15/h1-9H,10H2,(H,19,20,21)/b15-9+. The van der Waals surface area contributed by atoms with Crippen LogP contribution >= 0.6 is 11.8 Å². The second kappa shape index (κ2) is 6.66. The Morgan fingerprint density at radius 2 is 1.83 bits per heavy atom. The number of carbonyl (C=O) groups excluding carboxylic acids is 2. The van der Waals surface area contributed by atoms with Gasteiger partial charge in [-0.15, -0.1) is 0 Å². The first-order valence-electron chi connectivity index (χ1n) is 6.83. The lowest BCUT2D eigenvalue weighted by Gasteiger charge is -2.10. The minimum absolute atomic E-state index is 0.0745. The van der Waals surface area contributed by atoms with Crippen molar-refractivity contribution in [3.63, 3.8) is 0 Å². The first kappa shape index (κ1) is 15.3. The van der Waals surface area contributed by atoms with Crippen LogP contribution in [0.15, 0.2) is 53.4 Å². The fourth-order valence-electron chi connectivity index (χ4n) is 2.06. The molecule has 2 amide bonds. The van der Waals surface area contributed by atoms with E-state index in [-0.39, 0.29) is 12.4 Å². The van der Waals surface area contributed by atoms with E-state index in [9.17, 15) is 14.0 Å². The summed E-state index contributed by atoms with van der Waals surface area (Å²) in [5.41, 5.74) is 1.09. The highest BCUT2D eigenvalue weighted by Gasteiger charge is 2.25. The van der Waals surface area contributed by atoms with Crippen molar-refractivity contribution >= 4 is 29.0 Å². The molecule has 4 nitrogen and oxygen atoms in total. The largest absolute Gasteiger partial charge is 0.488 e. The molecule has 0 saturated carbocycles. The summed E-state index contributed by atoms with van der Waals surface area (Å²) in [6, 6.07) is 13.4. The summed E-state index contributed by atoms with van der Waals surface area (Å²) in [7, 11) is 0. The molecule has 0 unspecified atom stereocenters. The molecular formula is C17H12FNO3S. The lowest BCUT2D eigenvalue weighted by atomic mass is 10.1. The van der Waals surface area contributed by atoms with Crippen LogP contribution in [0.5, 0.6) is 5.75 Å². The lowest BCUT2D eigenvalue weighted by Crippen LogP contribution is -2.17. The maximum atomic E-state index is 13.6. The normalized spacial score (nSPS) is 15.8. The number of imide groups is 1. The zero-order chi connectivity index (χ0) is 16.2. The van der Waals surface area contributed by atoms with E-state index in [1.54, 1.807) is 48.5 Å². The molecule has 2 aromatic rings. The van der Waals surface area contributed by atoms with Crippen LogP contribution in [-0.2, 0) is 11.4 Å². The van der Waals surface area contributed by atoms with Gasteiger partial charge >= 0.3 is 0 Å². The third-order valence-corrected chi connectivity index (χ3v) is 4.00. The topological polar surface area (TPSA) is 55.4 Å². The minimum Gasteiger partial charge on any atom is -0.488 e. The van der Waals surface area contributed by atoms with Crippen molar-refractivity contribution in [3.8, 4) is 5.75 Å². The molecule has 1 aliphatic rings. The van der Waals surface area contributed by atoms with Crippen LogP contribution in [-0.4, -0.2) is 11.1 Å². The fourth-order valence-corrected chi connectivity index (χ4v) is 2.74. The number of nitrogens with one attached hydrogen (secondary N) is 1. The summed E-state index contributed by atoms with van der Waals surface area (Å²) in [6.07, 6.45) is 1.58. The number of ether oxygens (including phenoxy) is 1. The van der Waals surface area contributed by atoms with Gasteiger partial charge in [0.25, 0.3) is 11.1 Å². The van der Waals surface area contributed by atoms with Gasteiger partial charge in [-0.25, -0.2) is 4.39 Å². The number of hydrogen-bond donors (Lipinski definition) is 1. The monoisotopic (exact) mass is 329 g/mol. The van der Waals surface area contributed by atoms with Gasteiger partial charge in [-0.2, -0.15) is 0 Å². The fraction of sp³-hybridized carbons (Fsp3) is 0.0588. The van der Waals surface area contributed by atoms with Crippen molar-refractivity contribution in [1.29, 1.82) is 0 Å². The Balaban J connectivity index is 1.81. The molecule has 0 bridgehead atoms. The number of para-hydroxylation sites is 1. The van der Waals surface area contributed by atoms with E-state index in [0.717, 1.165) is 11.8 Å². The number of rotatable bonds is 4. The van der Waals surface area contributed by atoms with Gasteiger partial charge in [0.05, 0.1) is 4.91 Å². The molecular weight excluding hydrogens is 317 g/mol. The predicted octanol–water partition coefficient (Wildman–Crippen LogP) is 3.73. The predicted molar refractivity (Wildman–Crippen MR) is 86.3 cm³/mol. The molecule has 1 N–H and O–H groups in total. The molecule has 6 heteroatoms. The molecule has 1 heterocycles. The van der Waals surface area contributed by atoms with Crippen molar-refractivity contribution in [3.05, 3.63) is 70.4 Å². The van der Waals surface area contributed by atoms with E-state index in [1.807, 2.05) is 0 Å². The maximum absolute atomic E-state index is 13.6. The minimum atomic E-state index is -0.427. The van der Waals surface area contributed by atoms with E-state index < -0.39 is 11.1 Å². The van der Waals surface area contributed by atoms with Gasteiger partial charge in [0, 0.05) is 11.1 Å². The molecule has 0 radical (unpaired) electrons. The number of hydrogen-bond acceptors (Lipinski definition) is 4. The third-order valence-electron chi connectivity index (χ3n) is 3.19. The summed E-state index contributed by atoms with van der Waals surface area (Å²) in [5, 5.41) is 1.80. The highest BCUT2D eigenvalue weighted by Crippen LogP contribution is 2.29. The molecule has 1 saturated heterocycles. The zero-order valence-corrected chi connectivity index (χ0v) is 12.7. The maximum Gasteiger partial charge on any atom is 0.290 e. The lowest BCUT2D eigenvalue weighted by molar-refractivity contribution is -0.115. The Labute approximate surface area is 136 Å². The second-order valence-electron chi connectivity index (χ2n) is 4.77. The van der Waals surface area contributed by atoms with Gasteiger partial charge in [0.2, 0.25) is 0 Å². The van der Waals surface area contributed by atoms with Crippen LogP contribution in [0.2, 0.25) is 0 Å². The summed E-state index contributed by atoms with van der Waals surface area (Å²) >= 11 is 0.840. The average molecular weight is 329 g/mol. The van der Waals surface area contributed by atoms with Gasteiger partial charge in [-0.1, -0.05) is 36.4 Å². The second-order valence-corrected chi connectivity index (χ2v) is 5.78. The van der Waals surface area contributed by atoms with Crippen molar-refractivity contribution in [2.45, 2.75) is 6.61 Å². The highest BCUT2D eigenvalue weighted by atomic mass is 32.2. The first-order chi connectivity index (χ1) is 11.1. The average Bonchev–Trinajstić information content (AvgIpc) is 2.85. The van der Waals surface area contributed by atoms with Crippen LogP contribution in [0, 0.1) is 5.82 Å². The Kier molecular flexibility index (Phi) is 4.43. The van der Waals surface area contributed by atoms with E-state index in [0.29, 0.717) is 21.8 Å². The van der Waals surface area contributed by atoms with Gasteiger partial charge in [-0.05, 0) is 30.0 Å². The van der Waals surface area contributed by atoms with Crippen LogP contribution in [0.25, 0.3) is 6.08 Å². The zero-order valence-electron chi connectivity index (χ0n) is 11.9. The molecule has 0 atom stereocenters. The Morgan fingerprint density at radius 1 is 1.09 bits per heavy atom. The van der Waals surface area contributed by atoms with Crippen LogP contribution < -0.4 is 10.1 Å². The van der Waals surface area contributed by atoms with Crippen molar-refractivity contribution in [2.24, 2.45) is 0 Å².